The van der Waals surface area contributed by atoms with E-state index in [0.717, 1.165) is 13.0 Å². The Balaban J connectivity index is 2.47. The fraction of sp³-hybridized carbons (Fsp3) is 0.909. The Hall–Kier alpha value is -0.410. The van der Waals surface area contributed by atoms with Crippen molar-refractivity contribution >= 4 is 5.78 Å². The number of rotatable bonds is 3. The van der Waals surface area contributed by atoms with Crippen LogP contribution in [0.3, 0.4) is 0 Å². The molecule has 3 nitrogen and oxygen atoms in total. The third kappa shape index (κ3) is 3.07. The lowest BCUT2D eigenvalue weighted by molar-refractivity contribution is -0.123. The first kappa shape index (κ1) is 11.7. The van der Waals surface area contributed by atoms with Crippen molar-refractivity contribution in [2.75, 3.05) is 19.6 Å². The van der Waals surface area contributed by atoms with Crippen LogP contribution in [-0.4, -0.2) is 41.0 Å². The molecule has 1 atom stereocenters. The van der Waals surface area contributed by atoms with Gasteiger partial charge in [-0.25, -0.2) is 0 Å². The molecule has 1 saturated heterocycles. The monoisotopic (exact) mass is 199 g/mol. The minimum atomic E-state index is -0.683. The average molecular weight is 199 g/mol. The summed E-state index contributed by atoms with van der Waals surface area (Å²) in [7, 11) is 0. The molecule has 82 valence electrons. The van der Waals surface area contributed by atoms with E-state index in [-0.39, 0.29) is 5.92 Å². The number of hydrogen-bond donors (Lipinski definition) is 1. The molecule has 0 bridgehead atoms. The summed E-state index contributed by atoms with van der Waals surface area (Å²) in [6, 6.07) is 0. The van der Waals surface area contributed by atoms with Crippen molar-refractivity contribution in [3.63, 3.8) is 0 Å². The lowest BCUT2D eigenvalue weighted by Gasteiger charge is -2.35. The largest absolute Gasteiger partial charge is 0.389 e. The maximum atomic E-state index is 11.2. The number of ketones is 1. The molecule has 0 radical (unpaired) electrons. The van der Waals surface area contributed by atoms with Crippen LogP contribution in [0.4, 0.5) is 0 Å². The first-order chi connectivity index (χ1) is 6.42. The van der Waals surface area contributed by atoms with Gasteiger partial charge in [0.2, 0.25) is 0 Å². The molecule has 1 aliphatic rings. The van der Waals surface area contributed by atoms with Gasteiger partial charge in [-0.2, -0.15) is 0 Å². The highest BCUT2D eigenvalue weighted by molar-refractivity contribution is 5.81. The zero-order valence-electron chi connectivity index (χ0n) is 9.42. The minimum absolute atomic E-state index is 0.222. The Kier molecular flexibility index (Phi) is 3.67. The zero-order chi connectivity index (χ0) is 10.8. The van der Waals surface area contributed by atoms with Gasteiger partial charge in [0.25, 0.3) is 0 Å². The van der Waals surface area contributed by atoms with E-state index < -0.39 is 5.60 Å². The quantitative estimate of drug-likeness (QED) is 0.739. The Morgan fingerprint density at radius 1 is 1.57 bits per heavy atom. The molecule has 1 rings (SSSR count). The van der Waals surface area contributed by atoms with Crippen molar-refractivity contribution in [2.45, 2.75) is 39.2 Å². The predicted molar refractivity (Wildman–Crippen MR) is 56.1 cm³/mol. The summed E-state index contributed by atoms with van der Waals surface area (Å²) in [6.45, 7) is 7.92. The number of nitrogens with zero attached hydrogens (tertiary/aromatic N) is 1. The lowest BCUT2D eigenvalue weighted by Crippen LogP contribution is -2.48. The van der Waals surface area contributed by atoms with Crippen LogP contribution in [0.1, 0.15) is 33.6 Å². The fourth-order valence-electron chi connectivity index (χ4n) is 1.68. The summed E-state index contributed by atoms with van der Waals surface area (Å²) in [5.41, 5.74) is -0.683. The summed E-state index contributed by atoms with van der Waals surface area (Å²) >= 11 is 0. The summed E-state index contributed by atoms with van der Waals surface area (Å²) in [6.07, 6.45) is 1.65. The Morgan fingerprint density at radius 2 is 2.21 bits per heavy atom. The molecule has 14 heavy (non-hydrogen) atoms. The second-order valence-corrected chi connectivity index (χ2v) is 4.86. The molecule has 0 aromatic rings. The maximum Gasteiger partial charge on any atom is 0.146 e. The molecule has 0 aliphatic carbocycles. The molecule has 1 N–H and O–H groups in total. The molecule has 1 fully saturated rings. The number of aliphatic hydroxyl groups is 1. The number of piperidine rings is 1. The van der Waals surface area contributed by atoms with E-state index in [4.69, 9.17) is 0 Å². The zero-order valence-corrected chi connectivity index (χ0v) is 9.42. The van der Waals surface area contributed by atoms with Crippen molar-refractivity contribution < 1.29 is 9.90 Å². The van der Waals surface area contributed by atoms with E-state index in [1.807, 2.05) is 20.8 Å². The van der Waals surface area contributed by atoms with Gasteiger partial charge in [0, 0.05) is 13.0 Å². The SMILES string of the molecule is CC(C)C(C)(O)CN1CCCC(=O)C1. The summed E-state index contributed by atoms with van der Waals surface area (Å²) in [4.78, 5) is 13.3. The smallest absolute Gasteiger partial charge is 0.146 e. The molecule has 3 heteroatoms. The number of hydrogen-bond acceptors (Lipinski definition) is 3. The first-order valence-corrected chi connectivity index (χ1v) is 5.38. The van der Waals surface area contributed by atoms with Gasteiger partial charge in [-0.1, -0.05) is 13.8 Å². The number of Topliss-reactive ketones (excluding diaryl/α,β-unsaturated/α-hetero) is 1. The van der Waals surface area contributed by atoms with Crippen molar-refractivity contribution in [3.8, 4) is 0 Å². The Bertz CT molecular complexity index is 211. The number of carbonyl (C=O) groups is 1. The second-order valence-electron chi connectivity index (χ2n) is 4.86. The van der Waals surface area contributed by atoms with Crippen LogP contribution >= 0.6 is 0 Å². The highest BCUT2D eigenvalue weighted by Gasteiger charge is 2.29. The normalized spacial score (nSPS) is 23.9. The molecule has 0 aromatic heterocycles. The molecular weight excluding hydrogens is 178 g/mol. The van der Waals surface area contributed by atoms with Crippen LogP contribution in [-0.2, 0) is 4.79 Å². The van der Waals surface area contributed by atoms with Crippen LogP contribution in [0.15, 0.2) is 0 Å². The molecule has 0 amide bonds. The average Bonchev–Trinajstić information content (AvgIpc) is 2.02. The molecular formula is C11H21NO2. The highest BCUT2D eigenvalue weighted by atomic mass is 16.3. The third-order valence-electron chi connectivity index (χ3n) is 3.12. The molecule has 0 spiro atoms. The Labute approximate surface area is 86.1 Å². The van der Waals surface area contributed by atoms with Gasteiger partial charge in [-0.15, -0.1) is 0 Å². The Morgan fingerprint density at radius 3 is 2.71 bits per heavy atom. The van der Waals surface area contributed by atoms with Gasteiger partial charge >= 0.3 is 0 Å². The highest BCUT2D eigenvalue weighted by Crippen LogP contribution is 2.19. The predicted octanol–water partition coefficient (Wildman–Crippen LogP) is 1.06. The number of likely N-dealkylation sites (tertiary alicyclic amines) is 1. The van der Waals surface area contributed by atoms with Crippen LogP contribution in [0.25, 0.3) is 0 Å². The van der Waals surface area contributed by atoms with E-state index in [0.29, 0.717) is 25.3 Å². The van der Waals surface area contributed by atoms with Gasteiger partial charge < -0.3 is 5.11 Å². The summed E-state index contributed by atoms with van der Waals surface area (Å²) in [5, 5.41) is 10.1. The van der Waals surface area contributed by atoms with E-state index in [9.17, 15) is 9.90 Å². The third-order valence-corrected chi connectivity index (χ3v) is 3.12. The number of carbonyl (C=O) groups excluding carboxylic acids is 1. The summed E-state index contributed by atoms with van der Waals surface area (Å²) in [5.74, 6) is 0.523. The molecule has 1 heterocycles. The van der Waals surface area contributed by atoms with Gasteiger partial charge in [0.15, 0.2) is 0 Å². The maximum absolute atomic E-state index is 11.2. The van der Waals surface area contributed by atoms with Gasteiger partial charge in [0.1, 0.15) is 5.78 Å². The van der Waals surface area contributed by atoms with Gasteiger partial charge in [-0.3, -0.25) is 9.69 Å². The van der Waals surface area contributed by atoms with E-state index >= 15 is 0 Å². The molecule has 1 aliphatic heterocycles. The van der Waals surface area contributed by atoms with E-state index in [1.165, 1.54) is 0 Å². The number of β-amino-alcohol motifs (C(OH)–C–C–N with tert-alkyl or cyclic N) is 1. The topological polar surface area (TPSA) is 40.5 Å². The van der Waals surface area contributed by atoms with Crippen LogP contribution in [0, 0.1) is 5.92 Å². The molecule has 1 unspecified atom stereocenters. The van der Waals surface area contributed by atoms with Crippen LogP contribution < -0.4 is 0 Å². The standard InChI is InChI=1S/C11H21NO2/c1-9(2)11(3,14)8-12-6-4-5-10(13)7-12/h9,14H,4-8H2,1-3H3. The van der Waals surface area contributed by atoms with E-state index in [2.05, 4.69) is 4.90 Å². The van der Waals surface area contributed by atoms with Gasteiger partial charge in [0.05, 0.1) is 12.1 Å². The van der Waals surface area contributed by atoms with Crippen molar-refractivity contribution in [3.05, 3.63) is 0 Å². The van der Waals surface area contributed by atoms with Crippen LogP contribution in [0.5, 0.6) is 0 Å². The van der Waals surface area contributed by atoms with Crippen molar-refractivity contribution in [1.82, 2.24) is 4.90 Å². The minimum Gasteiger partial charge on any atom is -0.389 e. The van der Waals surface area contributed by atoms with Crippen molar-refractivity contribution in [2.24, 2.45) is 5.92 Å². The lowest BCUT2D eigenvalue weighted by atomic mass is 9.91. The fourth-order valence-corrected chi connectivity index (χ4v) is 1.68. The summed E-state index contributed by atoms with van der Waals surface area (Å²) < 4.78 is 0. The second kappa shape index (κ2) is 4.41. The van der Waals surface area contributed by atoms with Gasteiger partial charge in [-0.05, 0) is 25.8 Å². The molecule has 0 saturated carbocycles. The first-order valence-electron chi connectivity index (χ1n) is 5.38. The van der Waals surface area contributed by atoms with E-state index in [1.54, 1.807) is 0 Å². The van der Waals surface area contributed by atoms with Crippen molar-refractivity contribution in [1.29, 1.82) is 0 Å². The molecule has 0 aromatic carbocycles. The van der Waals surface area contributed by atoms with Crippen LogP contribution in [0.2, 0.25) is 0 Å².